The van der Waals surface area contributed by atoms with Crippen LogP contribution in [0.15, 0.2) is 17.1 Å². The van der Waals surface area contributed by atoms with Crippen LogP contribution in [0.1, 0.15) is 12.6 Å². The summed E-state index contributed by atoms with van der Waals surface area (Å²) in [7, 11) is -3.13. The third-order valence-corrected chi connectivity index (χ3v) is 3.94. The number of hydrogen-bond donors (Lipinski definition) is 3. The number of aliphatic hydroxyl groups is 1. The molecule has 2 heterocycles. The first-order valence-electron chi connectivity index (χ1n) is 6.03. The number of anilines is 1. The van der Waals surface area contributed by atoms with Crippen LogP contribution in [0.25, 0.3) is 0 Å². The summed E-state index contributed by atoms with van der Waals surface area (Å²) < 4.78 is 26.7. The van der Waals surface area contributed by atoms with Gasteiger partial charge in [0.1, 0.15) is 18.1 Å². The van der Waals surface area contributed by atoms with Crippen LogP contribution >= 0.6 is 7.82 Å². The summed E-state index contributed by atoms with van der Waals surface area (Å²) >= 11 is 0. The zero-order valence-corrected chi connectivity index (χ0v) is 12.1. The first kappa shape index (κ1) is 16.1. The van der Waals surface area contributed by atoms with Gasteiger partial charge in [-0.15, -0.1) is 0 Å². The van der Waals surface area contributed by atoms with E-state index in [4.69, 9.17) is 15.4 Å². The van der Waals surface area contributed by atoms with Crippen LogP contribution < -0.4 is 11.4 Å². The van der Waals surface area contributed by atoms with Crippen LogP contribution in [0.3, 0.4) is 0 Å². The lowest BCUT2D eigenvalue weighted by Crippen LogP contribution is -2.28. The maximum atomic E-state index is 11.7. The van der Waals surface area contributed by atoms with Gasteiger partial charge in [-0.3, -0.25) is 13.6 Å². The number of aromatic nitrogens is 2. The highest BCUT2D eigenvalue weighted by molar-refractivity contribution is 7.47. The smallest absolute Gasteiger partial charge is 0.390 e. The second-order valence-corrected chi connectivity index (χ2v) is 5.98. The number of hydrogen-bond acceptors (Lipinski definition) is 8. The predicted molar refractivity (Wildman–Crippen MR) is 70.2 cm³/mol. The van der Waals surface area contributed by atoms with Crippen molar-refractivity contribution in [2.75, 3.05) is 19.5 Å². The van der Waals surface area contributed by atoms with Gasteiger partial charge in [-0.25, -0.2) is 9.36 Å². The maximum absolute atomic E-state index is 11.7. The highest BCUT2D eigenvalue weighted by Gasteiger charge is 2.37. The normalized spacial score (nSPS) is 28.4. The lowest BCUT2D eigenvalue weighted by Gasteiger charge is -2.17. The Bertz CT molecular complexity index is 607. The van der Waals surface area contributed by atoms with Crippen LogP contribution in [-0.4, -0.2) is 45.5 Å². The average Bonchev–Trinajstić information content (AvgIpc) is 2.78. The third-order valence-electron chi connectivity index (χ3n) is 3.00. The Morgan fingerprint density at radius 2 is 2.38 bits per heavy atom. The van der Waals surface area contributed by atoms with E-state index in [-0.39, 0.29) is 18.8 Å². The number of nitrogens with two attached hydrogens (primary N) is 1. The zero-order valence-electron chi connectivity index (χ0n) is 11.2. The molecule has 0 amide bonds. The van der Waals surface area contributed by atoms with E-state index in [0.29, 0.717) is 0 Å². The van der Waals surface area contributed by atoms with Crippen LogP contribution in [0, 0.1) is 0 Å². The standard InChI is InChI=1S/C10H16N3O7P/c1-18-21(16,17)19-5-7-6(14)4-9(20-7)13-3-2-8(11)12-10(13)15/h2-3,6-7,9,14H,4-5H2,1H3,(H,16,17)(H2,11,12,15)/t6-,7+,9+/m0/s1. The molecule has 0 saturated carbocycles. The lowest BCUT2D eigenvalue weighted by molar-refractivity contribution is -0.0457. The van der Waals surface area contributed by atoms with Crippen molar-refractivity contribution < 1.29 is 28.3 Å². The van der Waals surface area contributed by atoms with Crippen molar-refractivity contribution in [2.45, 2.75) is 24.9 Å². The van der Waals surface area contributed by atoms with E-state index in [0.717, 1.165) is 7.11 Å². The van der Waals surface area contributed by atoms with Crippen LogP contribution in [-0.2, 0) is 18.3 Å². The second kappa shape index (κ2) is 6.22. The Hall–Kier alpha value is -1.29. The molecule has 10 nitrogen and oxygen atoms in total. The Balaban J connectivity index is 2.04. The molecule has 118 valence electrons. The third kappa shape index (κ3) is 3.88. The molecule has 1 aliphatic heterocycles. The summed E-state index contributed by atoms with van der Waals surface area (Å²) in [5.74, 6) is 0.0796. The van der Waals surface area contributed by atoms with Gasteiger partial charge in [0.15, 0.2) is 0 Å². The number of nitrogen functional groups attached to an aromatic ring is 1. The highest BCUT2D eigenvalue weighted by atomic mass is 31.2. The first-order chi connectivity index (χ1) is 9.82. The fourth-order valence-electron chi connectivity index (χ4n) is 1.90. The molecule has 0 spiro atoms. The minimum Gasteiger partial charge on any atom is -0.390 e. The molecule has 0 radical (unpaired) electrons. The minimum absolute atomic E-state index is 0.0796. The fraction of sp³-hybridized carbons (Fsp3) is 0.600. The van der Waals surface area contributed by atoms with Crippen molar-refractivity contribution in [1.82, 2.24) is 9.55 Å². The predicted octanol–water partition coefficient (Wildman–Crippen LogP) is -0.763. The maximum Gasteiger partial charge on any atom is 0.472 e. The van der Waals surface area contributed by atoms with E-state index >= 15 is 0 Å². The largest absolute Gasteiger partial charge is 0.472 e. The van der Waals surface area contributed by atoms with E-state index in [9.17, 15) is 14.5 Å². The molecule has 1 aromatic heterocycles. The molecule has 1 fully saturated rings. The van der Waals surface area contributed by atoms with Gasteiger partial charge in [0.05, 0.1) is 12.7 Å². The van der Waals surface area contributed by atoms with Gasteiger partial charge in [-0.2, -0.15) is 4.98 Å². The molecule has 0 bridgehead atoms. The van der Waals surface area contributed by atoms with Gasteiger partial charge in [0.25, 0.3) is 0 Å². The number of aliphatic hydroxyl groups excluding tert-OH is 1. The number of nitrogens with zero attached hydrogens (tertiary/aromatic N) is 2. The van der Waals surface area contributed by atoms with E-state index in [1.54, 1.807) is 0 Å². The van der Waals surface area contributed by atoms with Crippen molar-refractivity contribution in [1.29, 1.82) is 0 Å². The number of rotatable bonds is 5. The fourth-order valence-corrected chi connectivity index (χ4v) is 2.34. The molecular formula is C10H16N3O7P. The molecule has 0 aliphatic carbocycles. The summed E-state index contributed by atoms with van der Waals surface area (Å²) in [6.07, 6.45) is -1.07. The topological polar surface area (TPSA) is 146 Å². The van der Waals surface area contributed by atoms with Crippen molar-refractivity contribution in [3.63, 3.8) is 0 Å². The molecule has 21 heavy (non-hydrogen) atoms. The summed E-state index contributed by atoms with van der Waals surface area (Å²) in [6.45, 7) is -0.351. The second-order valence-electron chi connectivity index (χ2n) is 4.42. The summed E-state index contributed by atoms with van der Waals surface area (Å²) in [5, 5.41) is 9.86. The summed E-state index contributed by atoms with van der Waals surface area (Å²) in [6, 6.07) is 1.42. The molecule has 1 aromatic rings. The summed E-state index contributed by atoms with van der Waals surface area (Å²) in [4.78, 5) is 24.4. The van der Waals surface area contributed by atoms with Gasteiger partial charge in [0.2, 0.25) is 0 Å². The molecule has 1 saturated heterocycles. The first-order valence-corrected chi connectivity index (χ1v) is 7.53. The quantitative estimate of drug-likeness (QED) is 0.595. The lowest BCUT2D eigenvalue weighted by atomic mass is 10.2. The monoisotopic (exact) mass is 321 g/mol. The average molecular weight is 321 g/mol. The molecule has 11 heteroatoms. The molecule has 1 aliphatic rings. The number of phosphoric acid groups is 1. The van der Waals surface area contributed by atoms with Gasteiger partial charge in [0, 0.05) is 19.7 Å². The SMILES string of the molecule is COP(=O)(O)OC[C@H]1O[C@@H](n2ccc(N)nc2=O)C[C@@H]1O. The molecule has 4 atom stereocenters. The van der Waals surface area contributed by atoms with E-state index in [1.807, 2.05) is 0 Å². The van der Waals surface area contributed by atoms with Crippen molar-refractivity contribution >= 4 is 13.6 Å². The van der Waals surface area contributed by atoms with E-state index < -0.39 is 31.9 Å². The summed E-state index contributed by atoms with van der Waals surface area (Å²) in [5.41, 5.74) is 4.77. The van der Waals surface area contributed by atoms with Crippen molar-refractivity contribution in [3.8, 4) is 0 Å². The Labute approximate surface area is 119 Å². The molecule has 4 N–H and O–H groups in total. The Morgan fingerprint density at radius 3 is 3.00 bits per heavy atom. The van der Waals surface area contributed by atoms with Crippen LogP contribution in [0.2, 0.25) is 0 Å². The number of ether oxygens (including phenoxy) is 1. The molecular weight excluding hydrogens is 305 g/mol. The molecule has 1 unspecified atom stereocenters. The number of phosphoric ester groups is 1. The van der Waals surface area contributed by atoms with Gasteiger partial charge in [-0.1, -0.05) is 0 Å². The van der Waals surface area contributed by atoms with Crippen molar-refractivity contribution in [3.05, 3.63) is 22.7 Å². The van der Waals surface area contributed by atoms with Gasteiger partial charge in [-0.05, 0) is 6.07 Å². The van der Waals surface area contributed by atoms with Crippen LogP contribution in [0.4, 0.5) is 5.82 Å². The van der Waals surface area contributed by atoms with Crippen molar-refractivity contribution in [2.24, 2.45) is 0 Å². The molecule has 2 rings (SSSR count). The van der Waals surface area contributed by atoms with E-state index in [1.165, 1.54) is 16.8 Å². The highest BCUT2D eigenvalue weighted by Crippen LogP contribution is 2.43. The van der Waals surface area contributed by atoms with E-state index in [2.05, 4.69) is 14.0 Å². The van der Waals surface area contributed by atoms with Crippen LogP contribution in [0.5, 0.6) is 0 Å². The van der Waals surface area contributed by atoms with Gasteiger partial charge < -0.3 is 20.5 Å². The Morgan fingerprint density at radius 1 is 1.67 bits per heavy atom. The Kier molecular flexibility index (Phi) is 4.77. The molecule has 0 aromatic carbocycles. The zero-order chi connectivity index (χ0) is 15.6. The van der Waals surface area contributed by atoms with Gasteiger partial charge >= 0.3 is 13.5 Å². The minimum atomic E-state index is -4.15.